The van der Waals surface area contributed by atoms with Crippen LogP contribution in [0.3, 0.4) is 0 Å². The number of aromatic carboxylic acids is 1. The molecule has 6 aliphatic rings. The van der Waals surface area contributed by atoms with Crippen molar-refractivity contribution in [2.45, 2.75) is 117 Å². The summed E-state index contributed by atoms with van der Waals surface area (Å²) in [4.78, 5) is 38.4. The highest BCUT2D eigenvalue weighted by Gasteiger charge is 2.66. The first-order valence-electron chi connectivity index (χ1n) is 22.1. The Bertz CT molecular complexity index is 2490. The van der Waals surface area contributed by atoms with Gasteiger partial charge in [-0.15, -0.1) is 10.2 Å². The van der Waals surface area contributed by atoms with Crippen molar-refractivity contribution >= 4 is 56.0 Å². The van der Waals surface area contributed by atoms with E-state index in [0.717, 1.165) is 128 Å². The zero-order valence-electron chi connectivity index (χ0n) is 36.1. The van der Waals surface area contributed by atoms with Crippen LogP contribution in [0.25, 0.3) is 21.3 Å². The zero-order valence-corrected chi connectivity index (χ0v) is 36.9. The number of benzene rings is 1. The van der Waals surface area contributed by atoms with Gasteiger partial charge < -0.3 is 25.0 Å². The maximum absolute atomic E-state index is 13.0. The summed E-state index contributed by atoms with van der Waals surface area (Å²) < 4.78 is 10.3. The number of hydrogen-bond donors (Lipinski definition) is 2. The fourth-order valence-electron chi connectivity index (χ4n) is 13.2. The van der Waals surface area contributed by atoms with Crippen molar-refractivity contribution in [3.63, 3.8) is 0 Å². The average molecular weight is 844 g/mol. The van der Waals surface area contributed by atoms with E-state index >= 15 is 0 Å². The van der Waals surface area contributed by atoms with Crippen LogP contribution in [0.2, 0.25) is 0 Å². The van der Waals surface area contributed by atoms with Crippen molar-refractivity contribution in [3.8, 4) is 11.1 Å². The number of hydrogen-bond acceptors (Lipinski definition) is 11. The van der Waals surface area contributed by atoms with E-state index in [-0.39, 0.29) is 33.4 Å². The van der Waals surface area contributed by atoms with E-state index in [1.165, 1.54) is 6.42 Å². The van der Waals surface area contributed by atoms with Crippen LogP contribution < -0.4 is 10.2 Å². The third kappa shape index (κ3) is 7.36. The lowest BCUT2D eigenvalue weighted by Crippen LogP contribution is -2.64. The van der Waals surface area contributed by atoms with Gasteiger partial charge in [-0.2, -0.15) is 5.10 Å². The first-order valence-corrected chi connectivity index (χ1v) is 23.0. The number of amides is 1. The number of carbonyl (C=O) groups is 2. The molecule has 13 nitrogen and oxygen atoms in total. The largest absolute Gasteiger partial charge is 0.476 e. The van der Waals surface area contributed by atoms with Gasteiger partial charge >= 0.3 is 5.97 Å². The fraction of sp³-hybridized carbons (Fsp3) is 0.553. The first kappa shape index (κ1) is 40.1. The summed E-state index contributed by atoms with van der Waals surface area (Å²) >= 11 is 1.58. The number of carboxylic acids is 1. The molecule has 4 saturated carbocycles. The zero-order chi connectivity index (χ0) is 42.3. The summed E-state index contributed by atoms with van der Waals surface area (Å²) in [6.07, 6.45) is 13.5. The molecule has 2 aliphatic heterocycles. The van der Waals surface area contributed by atoms with Crippen LogP contribution in [0.15, 0.2) is 42.6 Å². The minimum absolute atomic E-state index is 0.000208. The quantitative estimate of drug-likeness (QED) is 0.131. The number of para-hydroxylation sites is 1. The summed E-state index contributed by atoms with van der Waals surface area (Å²) in [5.74, 6) is 1.62. The molecule has 1 aromatic carbocycles. The minimum atomic E-state index is -1.08. The fourth-order valence-corrected chi connectivity index (χ4v) is 14.1. The molecule has 320 valence electrons. The van der Waals surface area contributed by atoms with E-state index in [1.54, 1.807) is 18.3 Å². The highest BCUT2D eigenvalue weighted by Crippen LogP contribution is 2.72. The molecule has 61 heavy (non-hydrogen) atoms. The van der Waals surface area contributed by atoms with E-state index in [9.17, 15) is 14.7 Å². The molecule has 4 bridgehead atoms. The van der Waals surface area contributed by atoms with Gasteiger partial charge in [-0.25, -0.2) is 14.8 Å². The molecule has 2 unspecified atom stereocenters. The van der Waals surface area contributed by atoms with Gasteiger partial charge in [0.15, 0.2) is 22.5 Å². The number of piperidine rings is 1. The van der Waals surface area contributed by atoms with Gasteiger partial charge in [0.1, 0.15) is 5.82 Å². The number of nitrogens with zero attached hydrogens (tertiary/aromatic N) is 8. The summed E-state index contributed by atoms with van der Waals surface area (Å²) in [7, 11) is 0. The molecule has 14 heteroatoms. The van der Waals surface area contributed by atoms with E-state index in [0.29, 0.717) is 35.5 Å². The van der Waals surface area contributed by atoms with Gasteiger partial charge in [0.25, 0.3) is 0 Å². The van der Waals surface area contributed by atoms with Crippen molar-refractivity contribution in [2.24, 2.45) is 22.2 Å². The number of likely N-dealkylation sites (tertiary alicyclic amines) is 1. The van der Waals surface area contributed by atoms with Gasteiger partial charge in [-0.3, -0.25) is 9.48 Å². The second-order valence-corrected chi connectivity index (χ2v) is 21.0. The second-order valence-electron chi connectivity index (χ2n) is 20.0. The van der Waals surface area contributed by atoms with Crippen molar-refractivity contribution in [2.75, 3.05) is 36.5 Å². The SMILES string of the molecule is CC(=O)N1CCC(CCOC23CC4(C)CC(C)(CC(Cn5ncc(-c6ccc(N7CCCc8c7nnc(Nc7nc9ccccc9s7)c8C)nc6C(=O)O)c5C)(C4)C2)C3)CC1. The van der Waals surface area contributed by atoms with Gasteiger partial charge in [0, 0.05) is 67.7 Å². The summed E-state index contributed by atoms with van der Waals surface area (Å²) in [5.41, 5.74) is 5.63. The minimum Gasteiger partial charge on any atom is -0.476 e. The van der Waals surface area contributed by atoms with E-state index in [2.05, 4.69) is 47.0 Å². The first-order chi connectivity index (χ1) is 29.2. The van der Waals surface area contributed by atoms with Crippen molar-refractivity contribution in [1.82, 2.24) is 34.8 Å². The van der Waals surface area contributed by atoms with E-state index in [4.69, 9.17) is 19.8 Å². The molecule has 0 spiro atoms. The molecule has 5 fully saturated rings. The number of carbonyl (C=O) groups excluding carboxylic acids is 1. The predicted molar refractivity (Wildman–Crippen MR) is 237 cm³/mol. The van der Waals surface area contributed by atoms with Crippen LogP contribution >= 0.6 is 11.3 Å². The molecule has 1 saturated heterocycles. The molecular weight excluding hydrogens is 787 g/mol. The smallest absolute Gasteiger partial charge is 0.355 e. The average Bonchev–Trinajstić information content (AvgIpc) is 3.79. The molecule has 5 aromatic rings. The highest BCUT2D eigenvalue weighted by molar-refractivity contribution is 7.22. The number of anilines is 4. The van der Waals surface area contributed by atoms with Gasteiger partial charge in [-0.05, 0) is 131 Å². The van der Waals surface area contributed by atoms with E-state index in [1.807, 2.05) is 53.3 Å². The number of fused-ring (bicyclic) bond motifs is 2. The van der Waals surface area contributed by atoms with Crippen LogP contribution in [-0.4, -0.2) is 83.7 Å². The molecule has 4 aliphatic carbocycles. The lowest BCUT2D eigenvalue weighted by Gasteiger charge is -2.69. The molecule has 4 aromatic heterocycles. The number of ether oxygens (including phenoxy) is 1. The van der Waals surface area contributed by atoms with Crippen molar-refractivity contribution in [1.29, 1.82) is 0 Å². The molecule has 11 rings (SSSR count). The maximum atomic E-state index is 13.0. The third-order valence-electron chi connectivity index (χ3n) is 14.8. The molecule has 6 heterocycles. The lowest BCUT2D eigenvalue weighted by molar-refractivity contribution is -0.249. The van der Waals surface area contributed by atoms with Gasteiger partial charge in [0.2, 0.25) is 5.91 Å². The Hall–Kier alpha value is -4.95. The van der Waals surface area contributed by atoms with Crippen LogP contribution in [0.4, 0.5) is 22.6 Å². The molecule has 0 radical (unpaired) electrons. The number of thiazole rings is 1. The second kappa shape index (κ2) is 14.9. The lowest BCUT2D eigenvalue weighted by atomic mass is 9.39. The van der Waals surface area contributed by atoms with Crippen LogP contribution in [-0.2, 0) is 22.5 Å². The van der Waals surface area contributed by atoms with Crippen LogP contribution in [0.1, 0.15) is 112 Å². The number of pyridine rings is 1. The Morgan fingerprint density at radius 1 is 0.934 bits per heavy atom. The maximum Gasteiger partial charge on any atom is 0.355 e. The topological polar surface area (TPSA) is 151 Å². The summed E-state index contributed by atoms with van der Waals surface area (Å²) in [5, 5.41) is 29.0. The standard InChI is InChI=1S/C47H57N9O4S/c1-29-33-9-8-17-55(41(33)53-52-40(29)51-43-49-36-10-6-7-11-37(36)61-43)38-13-12-34(39(50-38)42(58)59)35-21-48-56(30(35)2)28-46-23-44(4)22-45(5,24-46)26-47(25-44,27-46)60-20-16-32-14-18-54(19-15-32)31(3)57/h6-7,10-13,21,32H,8-9,14-20,22-28H2,1-5H3,(H,58,59)(H,49,51,52). The molecule has 2 N–H and O–H groups in total. The summed E-state index contributed by atoms with van der Waals surface area (Å²) in [6.45, 7) is 14.7. The number of nitrogens with one attached hydrogen (secondary N) is 1. The van der Waals surface area contributed by atoms with Crippen molar-refractivity contribution < 1.29 is 19.4 Å². The molecule has 1 amide bonds. The van der Waals surface area contributed by atoms with Gasteiger partial charge in [-0.1, -0.05) is 37.3 Å². The Morgan fingerprint density at radius 3 is 2.44 bits per heavy atom. The van der Waals surface area contributed by atoms with Crippen molar-refractivity contribution in [3.05, 3.63) is 65.1 Å². The number of aromatic nitrogens is 6. The Balaban J connectivity index is 0.875. The predicted octanol–water partition coefficient (Wildman–Crippen LogP) is 9.27. The molecular formula is C47H57N9O4S. The number of rotatable bonds is 11. The Kier molecular flexibility index (Phi) is 9.78. The third-order valence-corrected chi connectivity index (χ3v) is 15.7. The normalized spacial score (nSPS) is 27.2. The van der Waals surface area contributed by atoms with E-state index < -0.39 is 5.97 Å². The van der Waals surface area contributed by atoms with Gasteiger partial charge in [0.05, 0.1) is 22.0 Å². The number of carboxylic acid groups (broad SMARTS) is 1. The highest BCUT2D eigenvalue weighted by atomic mass is 32.1. The summed E-state index contributed by atoms with van der Waals surface area (Å²) in [6, 6.07) is 11.8. The molecule has 2 atom stereocenters. The Labute approximate surface area is 361 Å². The van der Waals surface area contributed by atoms with Crippen LogP contribution in [0.5, 0.6) is 0 Å². The monoisotopic (exact) mass is 843 g/mol. The van der Waals surface area contributed by atoms with Crippen LogP contribution in [0, 0.1) is 36.0 Å². The Morgan fingerprint density at radius 2 is 1.70 bits per heavy atom.